The third kappa shape index (κ3) is 3.13. The average molecular weight is 260 g/mol. The molecule has 0 spiro atoms. The van der Waals surface area contributed by atoms with Crippen molar-refractivity contribution in [2.45, 2.75) is 32.6 Å². The highest BCUT2D eigenvalue weighted by Crippen LogP contribution is 2.46. The van der Waals surface area contributed by atoms with E-state index in [4.69, 9.17) is 0 Å². The Balaban J connectivity index is 1.92. The number of rotatable bonds is 6. The first-order valence-electron chi connectivity index (χ1n) is 6.84. The first-order chi connectivity index (χ1) is 9.19. The smallest absolute Gasteiger partial charge is 0.240 e. The number of nitrogens with one attached hydrogen (secondary N) is 2. The van der Waals surface area contributed by atoms with Gasteiger partial charge >= 0.3 is 0 Å². The summed E-state index contributed by atoms with van der Waals surface area (Å²) in [4.78, 5) is 24.3. The fraction of sp³-hybridized carbons (Fsp3) is 0.467. The minimum absolute atomic E-state index is 0.130. The first-order valence-corrected chi connectivity index (χ1v) is 6.84. The molecule has 1 aromatic carbocycles. The van der Waals surface area contributed by atoms with Crippen molar-refractivity contribution in [1.82, 2.24) is 5.32 Å². The molecule has 1 aromatic rings. The zero-order chi connectivity index (χ0) is 13.7. The van der Waals surface area contributed by atoms with Crippen LogP contribution < -0.4 is 10.6 Å². The van der Waals surface area contributed by atoms with E-state index in [0.717, 1.165) is 18.5 Å². The summed E-state index contributed by atoms with van der Waals surface area (Å²) in [5, 5.41) is 5.67. The predicted octanol–water partition coefficient (Wildman–Crippen LogP) is 2.32. The summed E-state index contributed by atoms with van der Waals surface area (Å²) >= 11 is 0. The van der Waals surface area contributed by atoms with E-state index in [1.807, 2.05) is 30.3 Å². The van der Waals surface area contributed by atoms with Gasteiger partial charge in [-0.05, 0) is 31.4 Å². The lowest BCUT2D eigenvalue weighted by Gasteiger charge is -2.15. The van der Waals surface area contributed by atoms with Gasteiger partial charge in [-0.3, -0.25) is 9.59 Å². The maximum absolute atomic E-state index is 12.2. The summed E-state index contributed by atoms with van der Waals surface area (Å²) in [6.45, 7) is 2.72. The number of unbranched alkanes of at least 4 members (excludes halogenated alkanes) is 1. The number of carbonyl (C=O) groups excluding carboxylic acids is 2. The van der Waals surface area contributed by atoms with Crippen LogP contribution in [0.15, 0.2) is 30.3 Å². The molecule has 1 fully saturated rings. The van der Waals surface area contributed by atoms with Crippen LogP contribution in [0.4, 0.5) is 5.69 Å². The number of amides is 2. The summed E-state index contributed by atoms with van der Waals surface area (Å²) in [6, 6.07) is 9.25. The van der Waals surface area contributed by atoms with E-state index in [0.29, 0.717) is 19.4 Å². The molecular formula is C15H20N2O2. The highest BCUT2D eigenvalue weighted by molar-refractivity contribution is 6.13. The molecule has 1 aliphatic carbocycles. The molecule has 0 bridgehead atoms. The molecule has 0 heterocycles. The van der Waals surface area contributed by atoms with Crippen LogP contribution in [0.1, 0.15) is 32.6 Å². The van der Waals surface area contributed by atoms with Gasteiger partial charge in [-0.25, -0.2) is 0 Å². The molecule has 0 unspecified atom stereocenters. The van der Waals surface area contributed by atoms with Gasteiger partial charge in [0.1, 0.15) is 5.41 Å². The molecule has 0 aliphatic heterocycles. The Bertz CT molecular complexity index is 452. The molecule has 0 radical (unpaired) electrons. The third-order valence-electron chi connectivity index (χ3n) is 3.47. The molecule has 1 saturated carbocycles. The summed E-state index contributed by atoms with van der Waals surface area (Å²) in [5.41, 5.74) is -0.0935. The second-order valence-electron chi connectivity index (χ2n) is 5.01. The van der Waals surface area contributed by atoms with Gasteiger partial charge in [-0.2, -0.15) is 0 Å². The lowest BCUT2D eigenvalue weighted by Crippen LogP contribution is -2.40. The van der Waals surface area contributed by atoms with Gasteiger partial charge in [0, 0.05) is 12.2 Å². The average Bonchev–Trinajstić information content (AvgIpc) is 3.21. The minimum atomic E-state index is -0.830. The number of hydrogen-bond donors (Lipinski definition) is 2. The molecule has 19 heavy (non-hydrogen) atoms. The van der Waals surface area contributed by atoms with Gasteiger partial charge < -0.3 is 10.6 Å². The summed E-state index contributed by atoms with van der Waals surface area (Å²) in [7, 11) is 0. The predicted molar refractivity (Wildman–Crippen MR) is 74.7 cm³/mol. The summed E-state index contributed by atoms with van der Waals surface area (Å²) in [6.07, 6.45) is 3.26. The molecule has 1 aliphatic rings. The molecule has 4 nitrogen and oxygen atoms in total. The van der Waals surface area contributed by atoms with Gasteiger partial charge in [0.05, 0.1) is 0 Å². The quantitative estimate of drug-likeness (QED) is 0.609. The molecule has 2 N–H and O–H groups in total. The Morgan fingerprint density at radius 2 is 1.84 bits per heavy atom. The van der Waals surface area contributed by atoms with Crippen molar-refractivity contribution in [3.05, 3.63) is 30.3 Å². The van der Waals surface area contributed by atoms with Gasteiger partial charge in [-0.15, -0.1) is 0 Å². The van der Waals surface area contributed by atoms with Crippen molar-refractivity contribution >= 4 is 17.5 Å². The maximum Gasteiger partial charge on any atom is 0.240 e. The topological polar surface area (TPSA) is 58.2 Å². The van der Waals surface area contributed by atoms with Crippen LogP contribution >= 0.6 is 0 Å². The maximum atomic E-state index is 12.2. The van der Waals surface area contributed by atoms with Crippen LogP contribution in [0.25, 0.3) is 0 Å². The van der Waals surface area contributed by atoms with Gasteiger partial charge in [0.25, 0.3) is 0 Å². The lowest BCUT2D eigenvalue weighted by atomic mass is 10.0. The first kappa shape index (κ1) is 13.6. The fourth-order valence-corrected chi connectivity index (χ4v) is 2.00. The van der Waals surface area contributed by atoms with E-state index in [9.17, 15) is 9.59 Å². The molecule has 0 aromatic heterocycles. The van der Waals surface area contributed by atoms with Crippen molar-refractivity contribution in [2.75, 3.05) is 11.9 Å². The number of benzene rings is 1. The van der Waals surface area contributed by atoms with E-state index in [1.54, 1.807) is 0 Å². The Kier molecular flexibility index (Phi) is 4.20. The zero-order valence-electron chi connectivity index (χ0n) is 11.2. The van der Waals surface area contributed by atoms with E-state index in [2.05, 4.69) is 17.6 Å². The summed E-state index contributed by atoms with van der Waals surface area (Å²) < 4.78 is 0. The Labute approximate surface area is 113 Å². The van der Waals surface area contributed by atoms with Crippen LogP contribution in [0.3, 0.4) is 0 Å². The van der Waals surface area contributed by atoms with Crippen LogP contribution in [0, 0.1) is 5.41 Å². The van der Waals surface area contributed by atoms with Crippen LogP contribution in [-0.4, -0.2) is 18.4 Å². The molecule has 102 valence electrons. The Morgan fingerprint density at radius 1 is 1.16 bits per heavy atom. The molecule has 2 amide bonds. The second kappa shape index (κ2) is 5.87. The zero-order valence-corrected chi connectivity index (χ0v) is 11.2. The number of carbonyl (C=O) groups is 2. The van der Waals surface area contributed by atoms with E-state index < -0.39 is 5.41 Å². The van der Waals surface area contributed by atoms with Gasteiger partial charge in [0.15, 0.2) is 0 Å². The van der Waals surface area contributed by atoms with Crippen molar-refractivity contribution < 1.29 is 9.59 Å². The summed E-state index contributed by atoms with van der Waals surface area (Å²) in [5.74, 6) is -0.318. The fourth-order valence-electron chi connectivity index (χ4n) is 2.00. The van der Waals surface area contributed by atoms with Crippen molar-refractivity contribution in [3.8, 4) is 0 Å². The molecule has 0 atom stereocenters. The van der Waals surface area contributed by atoms with Crippen LogP contribution in [-0.2, 0) is 9.59 Å². The van der Waals surface area contributed by atoms with E-state index in [1.165, 1.54) is 0 Å². The van der Waals surface area contributed by atoms with E-state index >= 15 is 0 Å². The standard InChI is InChI=1S/C15H20N2O2/c1-2-3-11-16-13(18)15(9-10-15)14(19)17-12-7-5-4-6-8-12/h4-8H,2-3,9-11H2,1H3,(H,16,18)(H,17,19). The SMILES string of the molecule is CCCCNC(=O)C1(C(=O)Nc2ccccc2)CC1. The van der Waals surface area contributed by atoms with Crippen molar-refractivity contribution in [2.24, 2.45) is 5.41 Å². The molecule has 0 saturated heterocycles. The van der Waals surface area contributed by atoms with Gasteiger partial charge in [0.2, 0.25) is 11.8 Å². The van der Waals surface area contributed by atoms with E-state index in [-0.39, 0.29) is 11.8 Å². The molecule has 4 heteroatoms. The minimum Gasteiger partial charge on any atom is -0.355 e. The van der Waals surface area contributed by atoms with Crippen molar-refractivity contribution in [3.63, 3.8) is 0 Å². The largest absolute Gasteiger partial charge is 0.355 e. The normalized spacial score (nSPS) is 15.6. The highest BCUT2D eigenvalue weighted by Gasteiger charge is 2.56. The van der Waals surface area contributed by atoms with Gasteiger partial charge in [-0.1, -0.05) is 31.5 Å². The monoisotopic (exact) mass is 260 g/mol. The number of para-hydroxylation sites is 1. The number of anilines is 1. The Morgan fingerprint density at radius 3 is 2.42 bits per heavy atom. The third-order valence-corrected chi connectivity index (χ3v) is 3.47. The Hall–Kier alpha value is -1.84. The molecular weight excluding hydrogens is 240 g/mol. The second-order valence-corrected chi connectivity index (χ2v) is 5.01. The number of hydrogen-bond acceptors (Lipinski definition) is 2. The van der Waals surface area contributed by atoms with Crippen molar-refractivity contribution in [1.29, 1.82) is 0 Å². The highest BCUT2D eigenvalue weighted by atomic mass is 16.2. The lowest BCUT2D eigenvalue weighted by molar-refractivity contribution is -0.134. The van der Waals surface area contributed by atoms with Crippen LogP contribution in [0.2, 0.25) is 0 Å². The molecule has 2 rings (SSSR count). The van der Waals surface area contributed by atoms with Crippen LogP contribution in [0.5, 0.6) is 0 Å².